The Kier molecular flexibility index (Phi) is 5.79. The van der Waals surface area contributed by atoms with Crippen LogP contribution in [0.2, 0.25) is 0 Å². The van der Waals surface area contributed by atoms with Gasteiger partial charge in [0.1, 0.15) is 17.3 Å². The second-order valence-corrected chi connectivity index (χ2v) is 5.83. The minimum Gasteiger partial charge on any atom is -0.497 e. The molecule has 2 aromatic rings. The van der Waals surface area contributed by atoms with E-state index in [0.717, 1.165) is 30.8 Å². The minimum absolute atomic E-state index is 0.113. The van der Waals surface area contributed by atoms with Gasteiger partial charge in [0.15, 0.2) is 0 Å². The van der Waals surface area contributed by atoms with Crippen LogP contribution in [0.25, 0.3) is 0 Å². The maximum Gasteiger partial charge on any atom is 0.271 e. The highest BCUT2D eigenvalue weighted by molar-refractivity contribution is 5.92. The van der Waals surface area contributed by atoms with Gasteiger partial charge in [0, 0.05) is 19.7 Å². The molecule has 7 heteroatoms. The Morgan fingerprint density at radius 2 is 2.12 bits per heavy atom. The molecule has 1 aliphatic heterocycles. The Labute approximate surface area is 146 Å². The lowest BCUT2D eigenvalue weighted by molar-refractivity contribution is 0.0853. The van der Waals surface area contributed by atoms with Crippen molar-refractivity contribution in [3.63, 3.8) is 0 Å². The molecule has 2 heterocycles. The maximum absolute atomic E-state index is 12.1. The summed E-state index contributed by atoms with van der Waals surface area (Å²) in [6.07, 6.45) is 5.18. The van der Waals surface area contributed by atoms with E-state index in [1.807, 2.05) is 24.3 Å². The zero-order valence-electron chi connectivity index (χ0n) is 14.2. The fourth-order valence-electron chi connectivity index (χ4n) is 2.58. The van der Waals surface area contributed by atoms with Gasteiger partial charge in [0.05, 0.1) is 25.6 Å². The van der Waals surface area contributed by atoms with Crippen molar-refractivity contribution in [1.29, 1.82) is 0 Å². The van der Waals surface area contributed by atoms with Gasteiger partial charge in [-0.25, -0.2) is 9.97 Å². The molecule has 0 aliphatic carbocycles. The minimum atomic E-state index is -0.232. The number of carbonyl (C=O) groups is 1. The van der Waals surface area contributed by atoms with Crippen molar-refractivity contribution in [2.24, 2.45) is 0 Å². The molecule has 1 atom stereocenters. The van der Waals surface area contributed by atoms with E-state index in [1.54, 1.807) is 13.3 Å². The third-order valence-electron chi connectivity index (χ3n) is 4.03. The van der Waals surface area contributed by atoms with E-state index in [2.05, 4.69) is 20.6 Å². The van der Waals surface area contributed by atoms with Crippen molar-refractivity contribution in [1.82, 2.24) is 15.3 Å². The fourth-order valence-corrected chi connectivity index (χ4v) is 2.58. The summed E-state index contributed by atoms with van der Waals surface area (Å²) in [5, 5.41) is 6.01. The molecule has 1 fully saturated rings. The molecule has 0 spiro atoms. The van der Waals surface area contributed by atoms with E-state index < -0.39 is 0 Å². The van der Waals surface area contributed by atoms with Crippen LogP contribution in [-0.4, -0.2) is 42.2 Å². The van der Waals surface area contributed by atoms with Crippen LogP contribution in [0.1, 0.15) is 28.9 Å². The first-order valence-electron chi connectivity index (χ1n) is 8.33. The van der Waals surface area contributed by atoms with Crippen LogP contribution in [0.4, 0.5) is 5.82 Å². The second kappa shape index (κ2) is 8.43. The van der Waals surface area contributed by atoms with E-state index in [1.165, 1.54) is 6.20 Å². The maximum atomic E-state index is 12.1. The number of amides is 1. The van der Waals surface area contributed by atoms with Crippen molar-refractivity contribution in [3.8, 4) is 5.75 Å². The van der Waals surface area contributed by atoms with Crippen molar-refractivity contribution < 1.29 is 14.3 Å². The van der Waals surface area contributed by atoms with Crippen LogP contribution in [0.5, 0.6) is 5.75 Å². The predicted octanol–water partition coefficient (Wildman–Crippen LogP) is 2.01. The summed E-state index contributed by atoms with van der Waals surface area (Å²) in [7, 11) is 1.64. The summed E-state index contributed by atoms with van der Waals surface area (Å²) >= 11 is 0. The lowest BCUT2D eigenvalue weighted by Gasteiger charge is -2.10. The van der Waals surface area contributed by atoms with Gasteiger partial charge in [-0.1, -0.05) is 12.1 Å². The summed E-state index contributed by atoms with van der Waals surface area (Å²) in [6, 6.07) is 7.77. The number of ether oxygens (including phenoxy) is 2. The normalized spacial score (nSPS) is 16.4. The van der Waals surface area contributed by atoms with Gasteiger partial charge in [-0.15, -0.1) is 0 Å². The van der Waals surface area contributed by atoms with Gasteiger partial charge in [0.25, 0.3) is 5.91 Å². The van der Waals surface area contributed by atoms with E-state index in [4.69, 9.17) is 9.47 Å². The molecule has 25 heavy (non-hydrogen) atoms. The van der Waals surface area contributed by atoms with Gasteiger partial charge in [-0.05, 0) is 30.5 Å². The Bertz CT molecular complexity index is 682. The highest BCUT2D eigenvalue weighted by atomic mass is 16.5. The van der Waals surface area contributed by atoms with Crippen LogP contribution in [0.3, 0.4) is 0 Å². The second-order valence-electron chi connectivity index (χ2n) is 5.83. The number of hydrogen-bond donors (Lipinski definition) is 2. The molecule has 1 aliphatic rings. The van der Waals surface area contributed by atoms with E-state index in [0.29, 0.717) is 24.6 Å². The summed E-state index contributed by atoms with van der Waals surface area (Å²) in [5.41, 5.74) is 1.40. The predicted molar refractivity (Wildman–Crippen MR) is 93.7 cm³/mol. The van der Waals surface area contributed by atoms with E-state index in [9.17, 15) is 4.79 Å². The molecule has 0 saturated carbocycles. The van der Waals surface area contributed by atoms with Gasteiger partial charge in [-0.3, -0.25) is 4.79 Å². The monoisotopic (exact) mass is 342 g/mol. The Hall–Kier alpha value is -2.67. The molecule has 1 saturated heterocycles. The number of rotatable bonds is 7. The zero-order chi connectivity index (χ0) is 17.5. The van der Waals surface area contributed by atoms with Gasteiger partial charge < -0.3 is 20.1 Å². The Morgan fingerprint density at radius 1 is 1.28 bits per heavy atom. The number of benzene rings is 1. The number of nitrogens with one attached hydrogen (secondary N) is 2. The Balaban J connectivity index is 1.48. The summed E-state index contributed by atoms with van der Waals surface area (Å²) in [6.45, 7) is 1.90. The molecule has 7 nitrogen and oxygen atoms in total. The average molecular weight is 342 g/mol. The fraction of sp³-hybridized carbons (Fsp3) is 0.389. The van der Waals surface area contributed by atoms with Crippen molar-refractivity contribution in [2.75, 3.05) is 25.6 Å². The van der Waals surface area contributed by atoms with Crippen LogP contribution in [0.15, 0.2) is 36.7 Å². The summed E-state index contributed by atoms with van der Waals surface area (Å²) in [5.74, 6) is 1.21. The Morgan fingerprint density at radius 3 is 2.76 bits per heavy atom. The molecule has 132 valence electrons. The van der Waals surface area contributed by atoms with Gasteiger partial charge >= 0.3 is 0 Å². The van der Waals surface area contributed by atoms with Gasteiger partial charge in [-0.2, -0.15) is 0 Å². The molecule has 0 radical (unpaired) electrons. The molecule has 1 amide bonds. The molecule has 3 rings (SSSR count). The third kappa shape index (κ3) is 4.90. The van der Waals surface area contributed by atoms with Crippen LogP contribution < -0.4 is 15.4 Å². The largest absolute Gasteiger partial charge is 0.497 e. The third-order valence-corrected chi connectivity index (χ3v) is 4.03. The number of hydrogen-bond acceptors (Lipinski definition) is 6. The van der Waals surface area contributed by atoms with Crippen LogP contribution in [-0.2, 0) is 11.3 Å². The topological polar surface area (TPSA) is 85.4 Å². The van der Waals surface area contributed by atoms with E-state index >= 15 is 0 Å². The average Bonchev–Trinajstić information content (AvgIpc) is 3.19. The number of nitrogens with zero attached hydrogens (tertiary/aromatic N) is 2. The molecule has 1 aromatic carbocycles. The van der Waals surface area contributed by atoms with E-state index in [-0.39, 0.29) is 12.0 Å². The highest BCUT2D eigenvalue weighted by Crippen LogP contribution is 2.13. The van der Waals surface area contributed by atoms with Crippen molar-refractivity contribution in [3.05, 3.63) is 47.9 Å². The van der Waals surface area contributed by atoms with Crippen molar-refractivity contribution >= 4 is 11.7 Å². The summed E-state index contributed by atoms with van der Waals surface area (Å²) in [4.78, 5) is 20.5. The quantitative estimate of drug-likeness (QED) is 0.801. The lowest BCUT2D eigenvalue weighted by atomic mass is 10.2. The van der Waals surface area contributed by atoms with Crippen LogP contribution in [0, 0.1) is 0 Å². The molecule has 1 unspecified atom stereocenters. The summed E-state index contributed by atoms with van der Waals surface area (Å²) < 4.78 is 10.6. The standard InChI is InChI=1S/C18H22N4O3/c1-24-14-6-4-13(5-7-14)9-20-17-12-19-16(11-21-17)18(23)22-10-15-3-2-8-25-15/h4-7,11-12,15H,2-3,8-10H2,1H3,(H,20,21)(H,22,23). The molecular weight excluding hydrogens is 320 g/mol. The first-order chi connectivity index (χ1) is 12.2. The van der Waals surface area contributed by atoms with Crippen LogP contribution >= 0.6 is 0 Å². The molecule has 2 N–H and O–H groups in total. The smallest absolute Gasteiger partial charge is 0.271 e. The molecule has 0 bridgehead atoms. The first kappa shape index (κ1) is 17.2. The molecular formula is C18H22N4O3. The van der Waals surface area contributed by atoms with Gasteiger partial charge in [0.2, 0.25) is 0 Å². The SMILES string of the molecule is COc1ccc(CNc2cnc(C(=O)NCC3CCCO3)cn2)cc1. The lowest BCUT2D eigenvalue weighted by Crippen LogP contribution is -2.32. The number of carbonyl (C=O) groups excluding carboxylic acids is 1. The highest BCUT2D eigenvalue weighted by Gasteiger charge is 2.17. The number of methoxy groups -OCH3 is 1. The zero-order valence-corrected chi connectivity index (χ0v) is 14.2. The first-order valence-corrected chi connectivity index (χ1v) is 8.33. The van der Waals surface area contributed by atoms with Crippen molar-refractivity contribution in [2.45, 2.75) is 25.5 Å². The molecule has 1 aromatic heterocycles. The number of aromatic nitrogens is 2. The number of anilines is 1.